The van der Waals surface area contributed by atoms with E-state index >= 15 is 0 Å². The Morgan fingerprint density at radius 3 is 3.00 bits per heavy atom. The molecule has 1 aliphatic rings. The molecule has 0 fully saturated rings. The topological polar surface area (TPSA) is 47.3 Å². The molecule has 1 aliphatic heterocycles. The SMILES string of the molecule is CCCNC(C)c1ncc(-c2ccc3c(c2)COC3)o1. The van der Waals surface area contributed by atoms with Crippen LogP contribution in [0.5, 0.6) is 0 Å². The molecule has 4 heteroatoms. The van der Waals surface area contributed by atoms with Crippen molar-refractivity contribution in [3.63, 3.8) is 0 Å². The summed E-state index contributed by atoms with van der Waals surface area (Å²) in [7, 11) is 0. The van der Waals surface area contributed by atoms with Crippen molar-refractivity contribution in [2.45, 2.75) is 39.5 Å². The van der Waals surface area contributed by atoms with Crippen LogP contribution in [0.4, 0.5) is 0 Å². The number of nitrogens with zero attached hydrogens (tertiary/aromatic N) is 1. The van der Waals surface area contributed by atoms with Gasteiger partial charge in [-0.25, -0.2) is 4.98 Å². The molecule has 1 N–H and O–H groups in total. The van der Waals surface area contributed by atoms with E-state index in [0.717, 1.165) is 36.8 Å². The highest BCUT2D eigenvalue weighted by atomic mass is 16.5. The van der Waals surface area contributed by atoms with Gasteiger partial charge in [0.15, 0.2) is 5.76 Å². The second-order valence-corrected chi connectivity index (χ2v) is 5.21. The van der Waals surface area contributed by atoms with Crippen molar-refractivity contribution in [1.29, 1.82) is 0 Å². The van der Waals surface area contributed by atoms with Crippen LogP contribution in [0.25, 0.3) is 11.3 Å². The molecule has 1 aromatic carbocycles. The lowest BCUT2D eigenvalue weighted by Gasteiger charge is -2.08. The van der Waals surface area contributed by atoms with Gasteiger partial charge in [-0.3, -0.25) is 0 Å². The number of oxazole rings is 1. The monoisotopic (exact) mass is 272 g/mol. The summed E-state index contributed by atoms with van der Waals surface area (Å²) in [5, 5.41) is 3.38. The van der Waals surface area contributed by atoms with Crippen LogP contribution in [0.1, 0.15) is 43.3 Å². The third kappa shape index (κ3) is 2.62. The van der Waals surface area contributed by atoms with Crippen LogP contribution in [0.3, 0.4) is 0 Å². The molecule has 106 valence electrons. The Morgan fingerprint density at radius 1 is 1.30 bits per heavy atom. The van der Waals surface area contributed by atoms with E-state index < -0.39 is 0 Å². The Hall–Kier alpha value is -1.65. The van der Waals surface area contributed by atoms with E-state index in [-0.39, 0.29) is 6.04 Å². The van der Waals surface area contributed by atoms with Crippen LogP contribution in [0, 0.1) is 0 Å². The molecule has 0 amide bonds. The second-order valence-electron chi connectivity index (χ2n) is 5.21. The van der Waals surface area contributed by atoms with Crippen molar-refractivity contribution in [3.05, 3.63) is 41.4 Å². The van der Waals surface area contributed by atoms with Gasteiger partial charge in [0.05, 0.1) is 25.5 Å². The van der Waals surface area contributed by atoms with Crippen molar-refractivity contribution < 1.29 is 9.15 Å². The maximum absolute atomic E-state index is 5.87. The van der Waals surface area contributed by atoms with E-state index in [0.29, 0.717) is 6.61 Å². The quantitative estimate of drug-likeness (QED) is 0.905. The lowest BCUT2D eigenvalue weighted by molar-refractivity contribution is 0.134. The molecule has 0 radical (unpaired) electrons. The lowest BCUT2D eigenvalue weighted by atomic mass is 10.1. The minimum absolute atomic E-state index is 0.140. The van der Waals surface area contributed by atoms with Gasteiger partial charge < -0.3 is 14.5 Å². The molecule has 20 heavy (non-hydrogen) atoms. The van der Waals surface area contributed by atoms with E-state index in [1.807, 2.05) is 0 Å². The summed E-state index contributed by atoms with van der Waals surface area (Å²) in [6, 6.07) is 6.46. The van der Waals surface area contributed by atoms with Crippen LogP contribution in [0.2, 0.25) is 0 Å². The summed E-state index contributed by atoms with van der Waals surface area (Å²) in [4.78, 5) is 4.38. The molecule has 2 aromatic rings. The molecular formula is C16H20N2O2. The van der Waals surface area contributed by atoms with E-state index in [1.165, 1.54) is 11.1 Å². The second kappa shape index (κ2) is 5.77. The highest BCUT2D eigenvalue weighted by molar-refractivity contribution is 5.59. The minimum atomic E-state index is 0.140. The zero-order valence-corrected chi connectivity index (χ0v) is 12.0. The van der Waals surface area contributed by atoms with Gasteiger partial charge in [-0.15, -0.1) is 0 Å². The number of ether oxygens (including phenoxy) is 1. The molecule has 4 nitrogen and oxygen atoms in total. The first-order chi connectivity index (χ1) is 9.78. The number of rotatable bonds is 5. The van der Waals surface area contributed by atoms with Gasteiger partial charge in [0.25, 0.3) is 0 Å². The standard InChI is InChI=1S/C16H20N2O2/c1-3-6-17-11(2)16-18-8-15(20-16)12-4-5-13-9-19-10-14(13)7-12/h4-5,7-8,11,17H,3,6,9-10H2,1-2H3. The highest BCUT2D eigenvalue weighted by Gasteiger charge is 2.15. The van der Waals surface area contributed by atoms with Gasteiger partial charge in [0, 0.05) is 5.56 Å². The molecule has 0 aliphatic carbocycles. The van der Waals surface area contributed by atoms with Crippen LogP contribution >= 0.6 is 0 Å². The van der Waals surface area contributed by atoms with Gasteiger partial charge in [-0.05, 0) is 37.1 Å². The molecule has 0 bridgehead atoms. The first-order valence-electron chi connectivity index (χ1n) is 7.17. The number of aromatic nitrogens is 1. The summed E-state index contributed by atoms with van der Waals surface area (Å²) < 4.78 is 11.3. The van der Waals surface area contributed by atoms with Crippen LogP contribution in [-0.4, -0.2) is 11.5 Å². The molecular weight excluding hydrogens is 252 g/mol. The average molecular weight is 272 g/mol. The molecule has 1 unspecified atom stereocenters. The zero-order chi connectivity index (χ0) is 13.9. The normalized spacial score (nSPS) is 15.3. The Balaban J connectivity index is 1.79. The molecule has 3 rings (SSSR count). The summed E-state index contributed by atoms with van der Waals surface area (Å²) in [5.41, 5.74) is 3.58. The van der Waals surface area contributed by atoms with Gasteiger partial charge in [-0.1, -0.05) is 19.1 Å². The van der Waals surface area contributed by atoms with Gasteiger partial charge in [0.2, 0.25) is 5.89 Å². The van der Waals surface area contributed by atoms with Crippen molar-refractivity contribution in [2.75, 3.05) is 6.54 Å². The van der Waals surface area contributed by atoms with E-state index in [9.17, 15) is 0 Å². The van der Waals surface area contributed by atoms with Crippen LogP contribution in [-0.2, 0) is 18.0 Å². The molecule has 0 spiro atoms. The Kier molecular flexibility index (Phi) is 3.85. The third-order valence-electron chi connectivity index (χ3n) is 3.60. The molecule has 1 aromatic heterocycles. The third-order valence-corrected chi connectivity index (χ3v) is 3.60. The maximum atomic E-state index is 5.87. The number of benzene rings is 1. The fourth-order valence-corrected chi connectivity index (χ4v) is 2.39. The van der Waals surface area contributed by atoms with Crippen molar-refractivity contribution in [2.24, 2.45) is 0 Å². The largest absolute Gasteiger partial charge is 0.439 e. The lowest BCUT2D eigenvalue weighted by Crippen LogP contribution is -2.19. The van der Waals surface area contributed by atoms with E-state index in [1.54, 1.807) is 6.20 Å². The highest BCUT2D eigenvalue weighted by Crippen LogP contribution is 2.28. The molecule has 1 atom stereocenters. The van der Waals surface area contributed by atoms with Gasteiger partial charge in [-0.2, -0.15) is 0 Å². The summed E-state index contributed by atoms with van der Waals surface area (Å²) >= 11 is 0. The maximum Gasteiger partial charge on any atom is 0.211 e. The average Bonchev–Trinajstić information content (AvgIpc) is 3.12. The van der Waals surface area contributed by atoms with Crippen molar-refractivity contribution in [3.8, 4) is 11.3 Å². The van der Waals surface area contributed by atoms with Gasteiger partial charge in [0.1, 0.15) is 0 Å². The summed E-state index contributed by atoms with van der Waals surface area (Å²) in [5.74, 6) is 1.56. The number of hydrogen-bond donors (Lipinski definition) is 1. The molecule has 0 saturated carbocycles. The summed E-state index contributed by atoms with van der Waals surface area (Å²) in [6.07, 6.45) is 2.90. The number of fused-ring (bicyclic) bond motifs is 1. The smallest absolute Gasteiger partial charge is 0.211 e. The fourth-order valence-electron chi connectivity index (χ4n) is 2.39. The van der Waals surface area contributed by atoms with E-state index in [4.69, 9.17) is 9.15 Å². The number of hydrogen-bond acceptors (Lipinski definition) is 4. The van der Waals surface area contributed by atoms with Gasteiger partial charge >= 0.3 is 0 Å². The summed E-state index contributed by atoms with van der Waals surface area (Å²) in [6.45, 7) is 6.60. The van der Waals surface area contributed by atoms with E-state index in [2.05, 4.69) is 42.3 Å². The molecule has 2 heterocycles. The Labute approximate surface area is 119 Å². The first-order valence-corrected chi connectivity index (χ1v) is 7.17. The van der Waals surface area contributed by atoms with Crippen molar-refractivity contribution >= 4 is 0 Å². The van der Waals surface area contributed by atoms with Crippen molar-refractivity contribution in [1.82, 2.24) is 10.3 Å². The Morgan fingerprint density at radius 2 is 2.15 bits per heavy atom. The first kappa shape index (κ1) is 13.3. The van der Waals surface area contributed by atoms with Crippen LogP contribution < -0.4 is 5.32 Å². The number of nitrogens with one attached hydrogen (secondary N) is 1. The predicted octanol–water partition coefficient (Wildman–Crippen LogP) is 3.43. The predicted molar refractivity (Wildman–Crippen MR) is 77.1 cm³/mol. The Bertz CT molecular complexity index is 592. The molecule has 0 saturated heterocycles. The van der Waals surface area contributed by atoms with Crippen LogP contribution in [0.15, 0.2) is 28.8 Å². The fraction of sp³-hybridized carbons (Fsp3) is 0.438. The zero-order valence-electron chi connectivity index (χ0n) is 12.0. The minimum Gasteiger partial charge on any atom is -0.439 e.